The normalized spacial score (nSPS) is 10.9. The van der Waals surface area contributed by atoms with Gasteiger partial charge >= 0.3 is 0 Å². The summed E-state index contributed by atoms with van der Waals surface area (Å²) in [6.07, 6.45) is 0. The maximum atomic E-state index is 12.3. The molecule has 0 radical (unpaired) electrons. The number of carbonyl (C=O) groups excluding carboxylic acids is 2. The van der Waals surface area contributed by atoms with Crippen molar-refractivity contribution in [2.45, 2.75) is 11.9 Å². The molecule has 0 fully saturated rings. The van der Waals surface area contributed by atoms with E-state index < -0.39 is 5.91 Å². The molecular formula is C19H15N5O2S3. The van der Waals surface area contributed by atoms with Gasteiger partial charge in [0.15, 0.2) is 0 Å². The van der Waals surface area contributed by atoms with Gasteiger partial charge in [0, 0.05) is 11.3 Å². The van der Waals surface area contributed by atoms with Crippen LogP contribution in [0, 0.1) is 6.92 Å². The third kappa shape index (κ3) is 4.29. The number of rotatable bonds is 6. The van der Waals surface area contributed by atoms with E-state index in [4.69, 9.17) is 5.73 Å². The molecule has 0 unspecified atom stereocenters. The Hall–Kier alpha value is -2.82. The fourth-order valence-corrected chi connectivity index (χ4v) is 5.13. The predicted molar refractivity (Wildman–Crippen MR) is 118 cm³/mol. The summed E-state index contributed by atoms with van der Waals surface area (Å²) in [6.45, 7) is 1.94. The molecule has 0 spiro atoms. The van der Waals surface area contributed by atoms with E-state index in [2.05, 4.69) is 20.5 Å². The van der Waals surface area contributed by atoms with Crippen molar-refractivity contribution in [3.63, 3.8) is 0 Å². The SMILES string of the molecule is Cc1nc2c(SCC(=O)Nc3ccc(C(N)=O)cc3)nnc(-c3cccs3)c2s1. The Morgan fingerprint density at radius 2 is 1.97 bits per heavy atom. The third-order valence-corrected chi connectivity index (χ3v) is 6.75. The number of primary amides is 1. The molecule has 3 N–H and O–H groups in total. The predicted octanol–water partition coefficient (Wildman–Crippen LogP) is 3.95. The molecule has 146 valence electrons. The van der Waals surface area contributed by atoms with Crippen molar-refractivity contribution >= 4 is 62.2 Å². The summed E-state index contributed by atoms with van der Waals surface area (Å²) in [4.78, 5) is 29.1. The Kier molecular flexibility index (Phi) is 5.56. The van der Waals surface area contributed by atoms with Crippen LogP contribution in [-0.4, -0.2) is 32.7 Å². The molecule has 29 heavy (non-hydrogen) atoms. The van der Waals surface area contributed by atoms with E-state index in [1.54, 1.807) is 46.9 Å². The summed E-state index contributed by atoms with van der Waals surface area (Å²) in [5, 5.41) is 15.0. The topological polar surface area (TPSA) is 111 Å². The number of nitrogens with two attached hydrogens (primary N) is 1. The molecular weight excluding hydrogens is 426 g/mol. The fraction of sp³-hybridized carbons (Fsp3) is 0.105. The first-order valence-electron chi connectivity index (χ1n) is 8.51. The van der Waals surface area contributed by atoms with Crippen molar-refractivity contribution in [2.24, 2.45) is 5.73 Å². The van der Waals surface area contributed by atoms with Crippen LogP contribution in [0.4, 0.5) is 5.69 Å². The van der Waals surface area contributed by atoms with E-state index in [-0.39, 0.29) is 11.7 Å². The van der Waals surface area contributed by atoms with Crippen molar-refractivity contribution in [1.82, 2.24) is 15.2 Å². The van der Waals surface area contributed by atoms with Gasteiger partial charge in [-0.05, 0) is 42.6 Å². The second kappa shape index (κ2) is 8.27. The molecule has 4 aromatic rings. The zero-order valence-corrected chi connectivity index (χ0v) is 17.7. The number of aromatic nitrogens is 3. The second-order valence-corrected chi connectivity index (χ2v) is 9.14. The average Bonchev–Trinajstić information content (AvgIpc) is 3.36. The Bertz CT molecular complexity index is 1190. The molecule has 0 aliphatic carbocycles. The van der Waals surface area contributed by atoms with Crippen molar-refractivity contribution in [1.29, 1.82) is 0 Å². The number of aryl methyl sites for hydroxylation is 1. The quantitative estimate of drug-likeness (QED) is 0.438. The number of thiazole rings is 1. The van der Waals surface area contributed by atoms with E-state index in [1.807, 2.05) is 24.4 Å². The van der Waals surface area contributed by atoms with Crippen LogP contribution in [0.2, 0.25) is 0 Å². The summed E-state index contributed by atoms with van der Waals surface area (Å²) in [5.74, 6) is -0.535. The van der Waals surface area contributed by atoms with E-state index >= 15 is 0 Å². The van der Waals surface area contributed by atoms with Gasteiger partial charge in [0.25, 0.3) is 0 Å². The Morgan fingerprint density at radius 3 is 2.66 bits per heavy atom. The monoisotopic (exact) mass is 441 g/mol. The molecule has 3 aromatic heterocycles. The highest BCUT2D eigenvalue weighted by Crippen LogP contribution is 2.36. The molecule has 7 nitrogen and oxygen atoms in total. The van der Waals surface area contributed by atoms with Crippen molar-refractivity contribution in [2.75, 3.05) is 11.1 Å². The zero-order valence-electron chi connectivity index (χ0n) is 15.2. The number of nitrogens with zero attached hydrogens (tertiary/aromatic N) is 3. The Morgan fingerprint density at radius 1 is 1.17 bits per heavy atom. The van der Waals surface area contributed by atoms with E-state index in [0.29, 0.717) is 16.3 Å². The maximum absolute atomic E-state index is 12.3. The lowest BCUT2D eigenvalue weighted by Crippen LogP contribution is -2.15. The van der Waals surface area contributed by atoms with Crippen LogP contribution >= 0.6 is 34.4 Å². The molecule has 0 aliphatic rings. The largest absolute Gasteiger partial charge is 0.366 e. The summed E-state index contributed by atoms with van der Waals surface area (Å²) in [6, 6.07) is 10.4. The van der Waals surface area contributed by atoms with Crippen molar-refractivity contribution in [3.05, 3.63) is 52.3 Å². The van der Waals surface area contributed by atoms with Crippen molar-refractivity contribution in [3.8, 4) is 10.6 Å². The first kappa shape index (κ1) is 19.5. The van der Waals surface area contributed by atoms with Crippen molar-refractivity contribution < 1.29 is 9.59 Å². The maximum Gasteiger partial charge on any atom is 0.248 e. The van der Waals surface area contributed by atoms with Crippen LogP contribution in [0.15, 0.2) is 46.8 Å². The minimum absolute atomic E-state index is 0.163. The number of thioether (sulfide) groups is 1. The second-order valence-electron chi connectivity index (χ2n) is 6.02. The number of thiophene rings is 1. The van der Waals surface area contributed by atoms with Crippen LogP contribution in [-0.2, 0) is 4.79 Å². The molecule has 4 rings (SSSR count). The third-order valence-electron chi connectivity index (χ3n) is 3.94. The molecule has 2 amide bonds. The van der Waals surface area contributed by atoms with Crippen LogP contribution < -0.4 is 11.1 Å². The lowest BCUT2D eigenvalue weighted by Gasteiger charge is -2.06. The summed E-state index contributed by atoms with van der Waals surface area (Å²) >= 11 is 4.47. The van der Waals surface area contributed by atoms with Crippen LogP contribution in [0.25, 0.3) is 20.8 Å². The van der Waals surface area contributed by atoms with Gasteiger partial charge in [-0.15, -0.1) is 32.9 Å². The van der Waals surface area contributed by atoms with Gasteiger partial charge < -0.3 is 11.1 Å². The highest BCUT2D eigenvalue weighted by atomic mass is 32.2. The van der Waals surface area contributed by atoms with Gasteiger partial charge in [0.05, 0.1) is 20.3 Å². The molecule has 0 saturated carbocycles. The first-order valence-corrected chi connectivity index (χ1v) is 11.2. The lowest BCUT2D eigenvalue weighted by atomic mass is 10.2. The highest BCUT2D eigenvalue weighted by molar-refractivity contribution is 8.00. The van der Waals surface area contributed by atoms with Crippen LogP contribution in [0.5, 0.6) is 0 Å². The molecule has 10 heteroatoms. The Labute approximate surface area is 178 Å². The number of hydrogen-bond donors (Lipinski definition) is 2. The summed E-state index contributed by atoms with van der Waals surface area (Å²) < 4.78 is 0.977. The number of carbonyl (C=O) groups is 2. The Balaban J connectivity index is 1.49. The minimum Gasteiger partial charge on any atom is -0.366 e. The van der Waals surface area contributed by atoms with E-state index in [9.17, 15) is 9.59 Å². The first-order chi connectivity index (χ1) is 14.0. The van der Waals surface area contributed by atoms with E-state index in [0.717, 1.165) is 25.8 Å². The number of amides is 2. The number of hydrogen-bond acceptors (Lipinski definition) is 8. The highest BCUT2D eigenvalue weighted by Gasteiger charge is 2.17. The molecule has 3 heterocycles. The van der Waals surface area contributed by atoms with Gasteiger partial charge in [0.2, 0.25) is 11.8 Å². The summed E-state index contributed by atoms with van der Waals surface area (Å²) in [5.41, 5.74) is 7.80. The average molecular weight is 442 g/mol. The minimum atomic E-state index is -0.509. The van der Waals surface area contributed by atoms with Gasteiger partial charge in [-0.25, -0.2) is 4.98 Å². The van der Waals surface area contributed by atoms with E-state index in [1.165, 1.54) is 11.8 Å². The van der Waals surface area contributed by atoms with Gasteiger partial charge in [-0.3, -0.25) is 9.59 Å². The van der Waals surface area contributed by atoms with Crippen LogP contribution in [0.1, 0.15) is 15.4 Å². The summed E-state index contributed by atoms with van der Waals surface area (Å²) in [7, 11) is 0. The number of nitrogens with one attached hydrogen (secondary N) is 1. The fourth-order valence-electron chi connectivity index (χ4n) is 2.64. The smallest absolute Gasteiger partial charge is 0.248 e. The lowest BCUT2D eigenvalue weighted by molar-refractivity contribution is -0.113. The van der Waals surface area contributed by atoms with Crippen LogP contribution in [0.3, 0.4) is 0 Å². The molecule has 1 aromatic carbocycles. The number of fused-ring (bicyclic) bond motifs is 1. The van der Waals surface area contributed by atoms with Gasteiger partial charge in [-0.2, -0.15) is 0 Å². The number of benzene rings is 1. The molecule has 0 bridgehead atoms. The molecule has 0 atom stereocenters. The van der Waals surface area contributed by atoms with Gasteiger partial charge in [-0.1, -0.05) is 17.8 Å². The molecule has 0 saturated heterocycles. The number of anilines is 1. The van der Waals surface area contributed by atoms with Gasteiger partial charge in [0.1, 0.15) is 16.2 Å². The zero-order chi connectivity index (χ0) is 20.4. The molecule has 0 aliphatic heterocycles. The standard InChI is InChI=1S/C19H15N5O2S3/c1-10-21-16-17(29-10)15(13-3-2-8-27-13)23-24-19(16)28-9-14(25)22-12-6-4-11(5-7-12)18(20)26/h2-8H,9H2,1H3,(H2,20,26)(H,22,25).